The molecular weight excluding hydrogens is 356 g/mol. The normalized spacial score (nSPS) is 15.0. The lowest BCUT2D eigenvalue weighted by Gasteiger charge is -2.27. The first-order chi connectivity index (χ1) is 13.6. The van der Waals surface area contributed by atoms with E-state index in [1.165, 1.54) is 26.4 Å². The zero-order chi connectivity index (χ0) is 19.9. The first-order valence-corrected chi connectivity index (χ1v) is 9.51. The third-order valence-electron chi connectivity index (χ3n) is 4.92. The summed E-state index contributed by atoms with van der Waals surface area (Å²) in [7, 11) is 1.47. The maximum atomic E-state index is 11.7. The maximum Gasteiger partial charge on any atom is 0.339 e. The molecule has 6 nitrogen and oxygen atoms in total. The topological polar surface area (TPSA) is 71.9 Å². The molecule has 1 saturated heterocycles. The van der Waals surface area contributed by atoms with Gasteiger partial charge in [0.2, 0.25) is 5.88 Å². The van der Waals surface area contributed by atoms with Crippen LogP contribution in [0.3, 0.4) is 0 Å². The van der Waals surface area contributed by atoms with Crippen molar-refractivity contribution in [3.63, 3.8) is 0 Å². The number of benzene rings is 1. The van der Waals surface area contributed by atoms with Crippen LogP contribution in [0.5, 0.6) is 5.88 Å². The Kier molecular flexibility index (Phi) is 6.53. The summed E-state index contributed by atoms with van der Waals surface area (Å²) in [5.74, 6) is 0.774. The number of ether oxygens (including phenoxy) is 2. The van der Waals surface area contributed by atoms with Gasteiger partial charge in [0.1, 0.15) is 23.8 Å². The van der Waals surface area contributed by atoms with Gasteiger partial charge >= 0.3 is 5.97 Å². The number of allylic oxidation sites excluding steroid dienone is 1. The zero-order valence-corrected chi connectivity index (χ0v) is 16.4. The minimum atomic E-state index is -1.03. The fraction of sp³-hybridized carbons (Fsp3) is 0.364. The molecule has 28 heavy (non-hydrogen) atoms. The highest BCUT2D eigenvalue weighted by Gasteiger charge is 2.19. The second-order valence-corrected chi connectivity index (χ2v) is 6.77. The van der Waals surface area contributed by atoms with E-state index >= 15 is 0 Å². The van der Waals surface area contributed by atoms with E-state index in [9.17, 15) is 9.90 Å². The van der Waals surface area contributed by atoms with Crippen LogP contribution in [-0.4, -0.2) is 36.3 Å². The van der Waals surface area contributed by atoms with E-state index in [0.717, 1.165) is 24.5 Å². The summed E-state index contributed by atoms with van der Waals surface area (Å²) in [6.07, 6.45) is 3.64. The lowest BCUT2D eigenvalue weighted by atomic mass is 9.99. The lowest BCUT2D eigenvalue weighted by molar-refractivity contribution is -0.130. The molecule has 1 fully saturated rings. The summed E-state index contributed by atoms with van der Waals surface area (Å²) in [5, 5.41) is 9.62. The van der Waals surface area contributed by atoms with Crippen LogP contribution in [0.1, 0.15) is 37.3 Å². The first kappa shape index (κ1) is 19.7. The summed E-state index contributed by atoms with van der Waals surface area (Å²) in [5.41, 5.74) is 1.49. The highest BCUT2D eigenvalue weighted by atomic mass is 16.5. The Morgan fingerprint density at radius 3 is 2.57 bits per heavy atom. The minimum Gasteiger partial charge on any atom is -0.500 e. The van der Waals surface area contributed by atoms with Crippen LogP contribution in [0.25, 0.3) is 5.57 Å². The molecule has 2 heterocycles. The van der Waals surface area contributed by atoms with E-state index in [1.807, 2.05) is 30.3 Å². The molecular formula is C22H26N2O4. The zero-order valence-electron chi connectivity index (χ0n) is 16.4. The summed E-state index contributed by atoms with van der Waals surface area (Å²) in [4.78, 5) is 18.6. The average molecular weight is 382 g/mol. The third kappa shape index (κ3) is 4.63. The van der Waals surface area contributed by atoms with E-state index in [2.05, 4.69) is 9.88 Å². The molecule has 0 atom stereocenters. The minimum absolute atomic E-state index is 0.136. The molecule has 1 aliphatic heterocycles. The molecule has 0 aliphatic carbocycles. The van der Waals surface area contributed by atoms with Gasteiger partial charge in [0.15, 0.2) is 0 Å². The van der Waals surface area contributed by atoms with E-state index in [4.69, 9.17) is 9.47 Å². The Morgan fingerprint density at radius 1 is 1.11 bits per heavy atom. The number of piperidine rings is 1. The van der Waals surface area contributed by atoms with Gasteiger partial charge in [-0.2, -0.15) is 4.98 Å². The molecule has 0 bridgehead atoms. The number of aliphatic carboxylic acids is 1. The maximum absolute atomic E-state index is 11.7. The van der Waals surface area contributed by atoms with Crippen molar-refractivity contribution in [1.29, 1.82) is 0 Å². The van der Waals surface area contributed by atoms with E-state index in [1.54, 1.807) is 19.1 Å². The third-order valence-corrected chi connectivity index (χ3v) is 4.92. The highest BCUT2D eigenvalue weighted by molar-refractivity contribution is 6.16. The first-order valence-electron chi connectivity index (χ1n) is 9.51. The largest absolute Gasteiger partial charge is 0.500 e. The van der Waals surface area contributed by atoms with Gasteiger partial charge in [0, 0.05) is 19.2 Å². The van der Waals surface area contributed by atoms with Crippen LogP contribution < -0.4 is 9.64 Å². The predicted molar refractivity (Wildman–Crippen MR) is 108 cm³/mol. The molecule has 0 spiro atoms. The van der Waals surface area contributed by atoms with Crippen LogP contribution in [0.15, 0.2) is 48.2 Å². The van der Waals surface area contributed by atoms with E-state index < -0.39 is 5.97 Å². The average Bonchev–Trinajstić information content (AvgIpc) is 2.73. The molecule has 1 aliphatic rings. The van der Waals surface area contributed by atoms with Gasteiger partial charge in [0.05, 0.1) is 7.11 Å². The van der Waals surface area contributed by atoms with E-state index in [-0.39, 0.29) is 12.2 Å². The molecule has 0 radical (unpaired) electrons. The van der Waals surface area contributed by atoms with Crippen molar-refractivity contribution in [2.45, 2.75) is 32.8 Å². The quantitative estimate of drug-likeness (QED) is 0.574. The van der Waals surface area contributed by atoms with Crippen LogP contribution >= 0.6 is 0 Å². The van der Waals surface area contributed by atoms with Gasteiger partial charge in [0.25, 0.3) is 0 Å². The van der Waals surface area contributed by atoms with Gasteiger partial charge in [-0.3, -0.25) is 0 Å². The number of pyridine rings is 1. The Labute approximate surface area is 165 Å². The molecule has 1 aromatic heterocycles. The molecule has 1 aromatic carbocycles. The fourth-order valence-electron chi connectivity index (χ4n) is 3.38. The molecule has 3 rings (SSSR count). The van der Waals surface area contributed by atoms with Crippen molar-refractivity contribution in [2.75, 3.05) is 25.1 Å². The van der Waals surface area contributed by atoms with Crippen molar-refractivity contribution in [3.8, 4) is 5.88 Å². The van der Waals surface area contributed by atoms with Crippen LogP contribution in [0.4, 0.5) is 5.82 Å². The number of carboxylic acids is 1. The number of aromatic nitrogens is 1. The molecule has 2 aromatic rings. The van der Waals surface area contributed by atoms with Gasteiger partial charge in [-0.1, -0.05) is 30.3 Å². The van der Waals surface area contributed by atoms with Crippen LogP contribution in [-0.2, 0) is 16.1 Å². The van der Waals surface area contributed by atoms with Crippen molar-refractivity contribution in [2.24, 2.45) is 0 Å². The fourth-order valence-corrected chi connectivity index (χ4v) is 3.38. The molecule has 6 heteroatoms. The number of carboxylic acid groups (broad SMARTS) is 1. The molecule has 0 amide bonds. The predicted octanol–water partition coefficient (Wildman–Crippen LogP) is 4.11. The van der Waals surface area contributed by atoms with Gasteiger partial charge in [-0.25, -0.2) is 4.79 Å². The van der Waals surface area contributed by atoms with Crippen molar-refractivity contribution in [3.05, 3.63) is 59.4 Å². The number of hydrogen-bond donors (Lipinski definition) is 1. The second kappa shape index (κ2) is 9.26. The Balaban J connectivity index is 1.80. The number of nitrogens with zero attached hydrogens (tertiary/aromatic N) is 2. The molecule has 1 N–H and O–H groups in total. The molecule has 0 unspecified atom stereocenters. The summed E-state index contributed by atoms with van der Waals surface area (Å²) >= 11 is 0. The molecule has 148 valence electrons. The number of hydrogen-bond acceptors (Lipinski definition) is 5. The monoisotopic (exact) mass is 382 g/mol. The Bertz CT molecular complexity index is 857. The van der Waals surface area contributed by atoms with Gasteiger partial charge in [-0.05, 0) is 43.4 Å². The summed E-state index contributed by atoms with van der Waals surface area (Å²) in [6.45, 7) is 3.90. The van der Waals surface area contributed by atoms with Crippen molar-refractivity contribution < 1.29 is 19.4 Å². The van der Waals surface area contributed by atoms with Crippen LogP contribution in [0.2, 0.25) is 0 Å². The number of carbonyl (C=O) groups is 1. The van der Waals surface area contributed by atoms with Crippen molar-refractivity contribution >= 4 is 17.4 Å². The number of methoxy groups -OCH3 is 1. The summed E-state index contributed by atoms with van der Waals surface area (Å²) in [6, 6.07) is 13.1. The second-order valence-electron chi connectivity index (χ2n) is 6.77. The van der Waals surface area contributed by atoms with Crippen molar-refractivity contribution in [1.82, 2.24) is 4.98 Å². The summed E-state index contributed by atoms with van der Waals surface area (Å²) < 4.78 is 11.1. The Morgan fingerprint density at radius 2 is 1.86 bits per heavy atom. The molecule has 0 saturated carbocycles. The van der Waals surface area contributed by atoms with E-state index in [0.29, 0.717) is 17.2 Å². The lowest BCUT2D eigenvalue weighted by Crippen LogP contribution is -2.30. The number of rotatable bonds is 7. The Hall–Kier alpha value is -3.02. The SMILES string of the molecule is COC(C)=C(C(=O)O)c1ccccc1COc1cccc(N2CCCCC2)n1. The number of anilines is 1. The smallest absolute Gasteiger partial charge is 0.339 e. The van der Waals surface area contributed by atoms with Crippen LogP contribution in [0, 0.1) is 0 Å². The van der Waals surface area contributed by atoms with Gasteiger partial charge < -0.3 is 19.5 Å². The standard InChI is InChI=1S/C22H26N2O4/c1-16(27-2)21(22(25)26)18-10-5-4-9-17(18)15-28-20-12-8-11-19(23-20)24-13-6-3-7-14-24/h4-5,8-12H,3,6-7,13-15H2,1-2H3,(H,25,26). The highest BCUT2D eigenvalue weighted by Crippen LogP contribution is 2.25. The van der Waals surface area contributed by atoms with Gasteiger partial charge in [-0.15, -0.1) is 0 Å².